The second kappa shape index (κ2) is 5.35. The molecule has 21 heavy (non-hydrogen) atoms. The normalized spacial score (nSPS) is 20.4. The molecule has 0 spiro atoms. The van der Waals surface area contributed by atoms with Gasteiger partial charge in [0.2, 0.25) is 0 Å². The number of rotatable bonds is 3. The lowest BCUT2D eigenvalue weighted by Gasteiger charge is -2.07. The number of carbonyl (C=O) groups excluding carboxylic acids is 1. The van der Waals surface area contributed by atoms with Gasteiger partial charge in [0.1, 0.15) is 11.3 Å². The molecule has 110 valence electrons. The Labute approximate surface area is 132 Å². The second-order valence-corrected chi connectivity index (χ2v) is 6.05. The van der Waals surface area contributed by atoms with Crippen molar-refractivity contribution in [2.24, 2.45) is 0 Å². The van der Waals surface area contributed by atoms with E-state index in [9.17, 15) is 4.79 Å². The summed E-state index contributed by atoms with van der Waals surface area (Å²) in [6.07, 6.45) is 0.856. The molecule has 1 amide bonds. The standard InChI is InChI=1S/C15H14Cl2N2O2/c1-7-13(8(2)21-19-7)15(20)18-12-6-10(12)9-4-3-5-11(16)14(9)17/h3-5,10,12H,6H2,1-2H3,(H,18,20). The van der Waals surface area contributed by atoms with Gasteiger partial charge in [-0.1, -0.05) is 40.5 Å². The van der Waals surface area contributed by atoms with Gasteiger partial charge in [-0.3, -0.25) is 4.79 Å². The lowest BCUT2D eigenvalue weighted by molar-refractivity contribution is 0.0948. The Morgan fingerprint density at radius 3 is 2.81 bits per heavy atom. The first-order valence-corrected chi connectivity index (χ1v) is 7.42. The zero-order valence-electron chi connectivity index (χ0n) is 11.6. The monoisotopic (exact) mass is 324 g/mol. The average molecular weight is 325 g/mol. The third-order valence-electron chi connectivity index (χ3n) is 3.75. The topological polar surface area (TPSA) is 55.1 Å². The van der Waals surface area contributed by atoms with E-state index in [2.05, 4.69) is 10.5 Å². The predicted molar refractivity (Wildman–Crippen MR) is 81.1 cm³/mol. The SMILES string of the molecule is Cc1noc(C)c1C(=O)NC1CC1c1cccc(Cl)c1Cl. The van der Waals surface area contributed by atoms with Crippen LogP contribution in [-0.2, 0) is 0 Å². The van der Waals surface area contributed by atoms with Gasteiger partial charge in [-0.25, -0.2) is 0 Å². The molecule has 2 atom stereocenters. The molecular formula is C15H14Cl2N2O2. The number of hydrogen-bond donors (Lipinski definition) is 1. The molecule has 1 aromatic heterocycles. The van der Waals surface area contributed by atoms with Crippen molar-refractivity contribution in [3.63, 3.8) is 0 Å². The van der Waals surface area contributed by atoms with Gasteiger partial charge in [0, 0.05) is 12.0 Å². The molecule has 1 aliphatic rings. The molecule has 2 unspecified atom stereocenters. The number of carbonyl (C=O) groups is 1. The first-order chi connectivity index (χ1) is 9.99. The Kier molecular flexibility index (Phi) is 3.68. The average Bonchev–Trinajstić information content (AvgIpc) is 3.10. The van der Waals surface area contributed by atoms with Gasteiger partial charge >= 0.3 is 0 Å². The molecule has 2 aromatic rings. The number of aromatic nitrogens is 1. The fraction of sp³-hybridized carbons (Fsp3) is 0.333. The van der Waals surface area contributed by atoms with Crippen molar-refractivity contribution in [2.45, 2.75) is 32.2 Å². The van der Waals surface area contributed by atoms with Gasteiger partial charge in [0.25, 0.3) is 5.91 Å². The molecule has 0 bridgehead atoms. The van der Waals surface area contributed by atoms with Crippen LogP contribution in [0.5, 0.6) is 0 Å². The number of aryl methyl sites for hydroxylation is 2. The maximum Gasteiger partial charge on any atom is 0.257 e. The van der Waals surface area contributed by atoms with Crippen LogP contribution in [0.2, 0.25) is 10.0 Å². The van der Waals surface area contributed by atoms with E-state index in [4.69, 9.17) is 27.7 Å². The fourth-order valence-corrected chi connectivity index (χ4v) is 3.00. The molecule has 1 N–H and O–H groups in total. The van der Waals surface area contributed by atoms with Crippen LogP contribution in [0, 0.1) is 13.8 Å². The highest BCUT2D eigenvalue weighted by Crippen LogP contribution is 2.45. The van der Waals surface area contributed by atoms with Gasteiger partial charge in [-0.2, -0.15) is 0 Å². The minimum atomic E-state index is -0.156. The smallest absolute Gasteiger partial charge is 0.257 e. The highest BCUT2D eigenvalue weighted by Gasteiger charge is 2.41. The van der Waals surface area contributed by atoms with Crippen molar-refractivity contribution in [1.82, 2.24) is 10.5 Å². The summed E-state index contributed by atoms with van der Waals surface area (Å²) >= 11 is 12.2. The first kappa shape index (κ1) is 14.4. The van der Waals surface area contributed by atoms with Crippen LogP contribution < -0.4 is 5.32 Å². The van der Waals surface area contributed by atoms with Crippen molar-refractivity contribution >= 4 is 29.1 Å². The molecule has 6 heteroatoms. The molecule has 1 aliphatic carbocycles. The summed E-state index contributed by atoms with van der Waals surface area (Å²) < 4.78 is 5.02. The van der Waals surface area contributed by atoms with Crippen LogP contribution in [0.4, 0.5) is 0 Å². The van der Waals surface area contributed by atoms with Crippen molar-refractivity contribution < 1.29 is 9.32 Å². The summed E-state index contributed by atoms with van der Waals surface area (Å²) in [6, 6.07) is 5.64. The Morgan fingerprint density at radius 2 is 2.14 bits per heavy atom. The second-order valence-electron chi connectivity index (χ2n) is 5.26. The third kappa shape index (κ3) is 2.65. The predicted octanol–water partition coefficient (Wildman–Crippen LogP) is 3.88. The molecule has 1 saturated carbocycles. The van der Waals surface area contributed by atoms with Gasteiger partial charge < -0.3 is 9.84 Å². The van der Waals surface area contributed by atoms with Crippen LogP contribution in [0.25, 0.3) is 0 Å². The van der Waals surface area contributed by atoms with Crippen molar-refractivity contribution in [3.05, 3.63) is 50.8 Å². The van der Waals surface area contributed by atoms with Gasteiger partial charge in [-0.05, 0) is 31.9 Å². The molecule has 1 aromatic carbocycles. The Hall–Kier alpha value is -1.52. The molecule has 3 rings (SSSR count). The van der Waals surface area contributed by atoms with Crippen LogP contribution >= 0.6 is 23.2 Å². The fourth-order valence-electron chi connectivity index (χ4n) is 2.55. The van der Waals surface area contributed by atoms with E-state index in [0.717, 1.165) is 12.0 Å². The minimum Gasteiger partial charge on any atom is -0.361 e. The molecule has 1 heterocycles. The van der Waals surface area contributed by atoms with Crippen LogP contribution in [0.3, 0.4) is 0 Å². The molecular weight excluding hydrogens is 311 g/mol. The van der Waals surface area contributed by atoms with E-state index in [1.807, 2.05) is 12.1 Å². The summed E-state index contributed by atoms with van der Waals surface area (Å²) in [7, 11) is 0. The zero-order valence-corrected chi connectivity index (χ0v) is 13.1. The Morgan fingerprint density at radius 1 is 1.38 bits per heavy atom. The van der Waals surface area contributed by atoms with Crippen molar-refractivity contribution in [2.75, 3.05) is 0 Å². The van der Waals surface area contributed by atoms with Crippen LogP contribution in [0.1, 0.15) is 39.7 Å². The van der Waals surface area contributed by atoms with E-state index >= 15 is 0 Å². The highest BCUT2D eigenvalue weighted by molar-refractivity contribution is 6.42. The highest BCUT2D eigenvalue weighted by atomic mass is 35.5. The number of halogens is 2. The maximum absolute atomic E-state index is 12.3. The lowest BCUT2D eigenvalue weighted by Crippen LogP contribution is -2.27. The lowest BCUT2D eigenvalue weighted by atomic mass is 10.1. The summed E-state index contributed by atoms with van der Waals surface area (Å²) in [4.78, 5) is 12.3. The number of nitrogens with zero attached hydrogens (tertiary/aromatic N) is 1. The zero-order chi connectivity index (χ0) is 15.1. The third-order valence-corrected chi connectivity index (χ3v) is 4.58. The van der Waals surface area contributed by atoms with Gasteiger partial charge in [0.05, 0.1) is 15.7 Å². The van der Waals surface area contributed by atoms with Crippen LogP contribution in [0.15, 0.2) is 22.7 Å². The van der Waals surface area contributed by atoms with E-state index in [0.29, 0.717) is 27.1 Å². The maximum atomic E-state index is 12.3. The number of amides is 1. The minimum absolute atomic E-state index is 0.0715. The summed E-state index contributed by atoms with van der Waals surface area (Å²) in [5.74, 6) is 0.584. The number of hydrogen-bond acceptors (Lipinski definition) is 3. The van der Waals surface area contributed by atoms with E-state index in [1.54, 1.807) is 19.9 Å². The van der Waals surface area contributed by atoms with E-state index < -0.39 is 0 Å². The number of nitrogens with one attached hydrogen (secondary N) is 1. The summed E-state index contributed by atoms with van der Waals surface area (Å²) in [5.41, 5.74) is 2.09. The van der Waals surface area contributed by atoms with E-state index in [-0.39, 0.29) is 17.9 Å². The number of benzene rings is 1. The molecule has 0 saturated heterocycles. The van der Waals surface area contributed by atoms with Crippen molar-refractivity contribution in [1.29, 1.82) is 0 Å². The van der Waals surface area contributed by atoms with Gasteiger partial charge in [0.15, 0.2) is 0 Å². The van der Waals surface area contributed by atoms with Crippen molar-refractivity contribution in [3.8, 4) is 0 Å². The summed E-state index contributed by atoms with van der Waals surface area (Å²) in [6.45, 7) is 3.48. The summed E-state index contributed by atoms with van der Waals surface area (Å²) in [5, 5.41) is 7.89. The molecule has 4 nitrogen and oxygen atoms in total. The molecule has 0 radical (unpaired) electrons. The Balaban J connectivity index is 1.72. The Bertz CT molecular complexity index is 692. The van der Waals surface area contributed by atoms with Gasteiger partial charge in [-0.15, -0.1) is 0 Å². The largest absolute Gasteiger partial charge is 0.361 e. The molecule has 1 fully saturated rings. The quantitative estimate of drug-likeness (QED) is 0.931. The molecule has 0 aliphatic heterocycles. The van der Waals surface area contributed by atoms with Crippen LogP contribution in [-0.4, -0.2) is 17.1 Å². The first-order valence-electron chi connectivity index (χ1n) is 6.66. The van der Waals surface area contributed by atoms with E-state index in [1.165, 1.54) is 0 Å².